The monoisotopic (exact) mass is 268 g/mol. The Balaban J connectivity index is 1.92. The summed E-state index contributed by atoms with van der Waals surface area (Å²) >= 11 is 5.87. The number of carbonyl (C=O) groups excluding carboxylic acids is 1. The number of ether oxygens (including phenoxy) is 1. The smallest absolute Gasteiger partial charge is 0.309 e. The maximum Gasteiger partial charge on any atom is 0.309 e. The Kier molecular flexibility index (Phi) is 4.42. The molecule has 0 radical (unpaired) electrons. The summed E-state index contributed by atoms with van der Waals surface area (Å²) < 4.78 is 5.05. The summed E-state index contributed by atoms with van der Waals surface area (Å²) in [6.45, 7) is 4.00. The minimum atomic E-state index is -0.0649. The number of esters is 1. The average molecular weight is 269 g/mol. The third-order valence-electron chi connectivity index (χ3n) is 3.19. The van der Waals surface area contributed by atoms with Gasteiger partial charge in [-0.2, -0.15) is 0 Å². The molecule has 0 spiro atoms. The zero-order valence-corrected chi connectivity index (χ0v) is 11.2. The van der Waals surface area contributed by atoms with E-state index in [-0.39, 0.29) is 11.9 Å². The van der Waals surface area contributed by atoms with Crippen LogP contribution in [0, 0.1) is 5.92 Å². The average Bonchev–Trinajstić information content (AvgIpc) is 2.39. The Morgan fingerprint density at radius 1 is 1.56 bits per heavy atom. The molecule has 0 aromatic carbocycles. The summed E-state index contributed by atoms with van der Waals surface area (Å²) in [5, 5.41) is 0.500. The first kappa shape index (κ1) is 13.1. The van der Waals surface area contributed by atoms with E-state index < -0.39 is 0 Å². The molecular formula is C13H17ClN2O2. The van der Waals surface area contributed by atoms with Crippen molar-refractivity contribution in [3.63, 3.8) is 0 Å². The first-order valence-corrected chi connectivity index (χ1v) is 6.61. The van der Waals surface area contributed by atoms with Crippen LogP contribution in [-0.4, -0.2) is 30.6 Å². The third kappa shape index (κ3) is 3.13. The molecule has 2 rings (SSSR count). The van der Waals surface area contributed by atoms with Crippen LogP contribution in [0.4, 0.5) is 5.69 Å². The molecular weight excluding hydrogens is 252 g/mol. The van der Waals surface area contributed by atoms with Gasteiger partial charge >= 0.3 is 5.97 Å². The molecule has 1 aromatic rings. The first-order valence-electron chi connectivity index (χ1n) is 6.24. The third-order valence-corrected chi connectivity index (χ3v) is 3.40. The topological polar surface area (TPSA) is 42.4 Å². The van der Waals surface area contributed by atoms with Crippen molar-refractivity contribution in [2.75, 3.05) is 24.6 Å². The molecule has 0 unspecified atom stereocenters. The second-order valence-electron chi connectivity index (χ2n) is 4.35. The van der Waals surface area contributed by atoms with Crippen molar-refractivity contribution >= 4 is 23.3 Å². The van der Waals surface area contributed by atoms with Crippen molar-refractivity contribution in [3.8, 4) is 0 Å². The molecule has 1 aliphatic heterocycles. The van der Waals surface area contributed by atoms with E-state index in [1.54, 1.807) is 6.20 Å². The van der Waals surface area contributed by atoms with Crippen LogP contribution in [0.25, 0.3) is 0 Å². The number of hydrogen-bond donors (Lipinski definition) is 0. The van der Waals surface area contributed by atoms with Crippen LogP contribution >= 0.6 is 11.6 Å². The summed E-state index contributed by atoms with van der Waals surface area (Å²) in [5.41, 5.74) is 1.07. The SMILES string of the molecule is CCOC(=O)C1CCN(c2ccnc(Cl)c2)CC1. The van der Waals surface area contributed by atoms with E-state index in [9.17, 15) is 4.79 Å². The fourth-order valence-electron chi connectivity index (χ4n) is 2.22. The van der Waals surface area contributed by atoms with Gasteiger partial charge in [-0.15, -0.1) is 0 Å². The molecule has 0 amide bonds. The van der Waals surface area contributed by atoms with Crippen LogP contribution in [0.3, 0.4) is 0 Å². The van der Waals surface area contributed by atoms with Crippen LogP contribution in [0.5, 0.6) is 0 Å². The second-order valence-corrected chi connectivity index (χ2v) is 4.74. The molecule has 1 aliphatic rings. The summed E-state index contributed by atoms with van der Waals surface area (Å²) in [4.78, 5) is 17.8. The highest BCUT2D eigenvalue weighted by Gasteiger charge is 2.26. The molecule has 18 heavy (non-hydrogen) atoms. The fourth-order valence-corrected chi connectivity index (χ4v) is 2.39. The van der Waals surface area contributed by atoms with Crippen molar-refractivity contribution in [3.05, 3.63) is 23.5 Å². The van der Waals surface area contributed by atoms with Crippen molar-refractivity contribution in [2.24, 2.45) is 5.92 Å². The van der Waals surface area contributed by atoms with Gasteiger partial charge < -0.3 is 9.64 Å². The second kappa shape index (κ2) is 6.05. The molecule has 98 valence electrons. The molecule has 1 saturated heterocycles. The number of aromatic nitrogens is 1. The Labute approximate surface area is 112 Å². The molecule has 0 atom stereocenters. The molecule has 1 fully saturated rings. The Morgan fingerprint density at radius 2 is 2.28 bits per heavy atom. The van der Waals surface area contributed by atoms with Gasteiger partial charge in [-0.1, -0.05) is 11.6 Å². The van der Waals surface area contributed by atoms with Gasteiger partial charge in [0.05, 0.1) is 12.5 Å². The summed E-state index contributed by atoms with van der Waals surface area (Å²) in [5.74, 6) is -0.0246. The van der Waals surface area contributed by atoms with Crippen LogP contribution in [-0.2, 0) is 9.53 Å². The lowest BCUT2D eigenvalue weighted by Crippen LogP contribution is -2.37. The molecule has 0 N–H and O–H groups in total. The number of rotatable bonds is 3. The lowest BCUT2D eigenvalue weighted by molar-refractivity contribution is -0.148. The molecule has 2 heterocycles. The number of pyridine rings is 1. The van der Waals surface area contributed by atoms with Crippen LogP contribution in [0.1, 0.15) is 19.8 Å². The molecule has 0 saturated carbocycles. The summed E-state index contributed by atoms with van der Waals surface area (Å²) in [6.07, 6.45) is 3.37. The van der Waals surface area contributed by atoms with Crippen molar-refractivity contribution in [1.29, 1.82) is 0 Å². The van der Waals surface area contributed by atoms with E-state index in [2.05, 4.69) is 9.88 Å². The zero-order chi connectivity index (χ0) is 13.0. The lowest BCUT2D eigenvalue weighted by Gasteiger charge is -2.32. The molecule has 1 aromatic heterocycles. The Bertz CT molecular complexity index is 417. The van der Waals surface area contributed by atoms with Gasteiger partial charge in [0.2, 0.25) is 0 Å². The number of hydrogen-bond acceptors (Lipinski definition) is 4. The van der Waals surface area contributed by atoms with E-state index in [4.69, 9.17) is 16.3 Å². The lowest BCUT2D eigenvalue weighted by atomic mass is 9.97. The molecule has 4 nitrogen and oxygen atoms in total. The van der Waals surface area contributed by atoms with Gasteiger partial charge in [-0.3, -0.25) is 4.79 Å². The number of anilines is 1. The maximum atomic E-state index is 11.6. The van der Waals surface area contributed by atoms with Crippen LogP contribution in [0.15, 0.2) is 18.3 Å². The first-order chi connectivity index (χ1) is 8.70. The van der Waals surface area contributed by atoms with Crippen molar-refractivity contribution in [2.45, 2.75) is 19.8 Å². The quantitative estimate of drug-likeness (QED) is 0.624. The van der Waals surface area contributed by atoms with Crippen LogP contribution in [0.2, 0.25) is 5.15 Å². The number of carbonyl (C=O) groups is 1. The van der Waals surface area contributed by atoms with Gasteiger partial charge in [0.15, 0.2) is 0 Å². The van der Waals surface area contributed by atoms with Gasteiger partial charge in [-0.25, -0.2) is 4.98 Å². The highest BCUT2D eigenvalue weighted by molar-refractivity contribution is 6.29. The van der Waals surface area contributed by atoms with Gasteiger partial charge in [-0.05, 0) is 31.9 Å². The molecule has 0 bridgehead atoms. The van der Waals surface area contributed by atoms with Crippen molar-refractivity contribution in [1.82, 2.24) is 4.98 Å². The van der Waals surface area contributed by atoms with E-state index >= 15 is 0 Å². The maximum absolute atomic E-state index is 11.6. The minimum absolute atomic E-state index is 0.0403. The van der Waals surface area contributed by atoms with Crippen molar-refractivity contribution < 1.29 is 9.53 Å². The standard InChI is InChI=1S/C13H17ClN2O2/c1-2-18-13(17)10-4-7-16(8-5-10)11-3-6-15-12(14)9-11/h3,6,9-10H,2,4-5,7-8H2,1H3. The number of halogens is 1. The molecule has 0 aliphatic carbocycles. The highest BCUT2D eigenvalue weighted by Crippen LogP contribution is 2.25. The van der Waals surface area contributed by atoms with E-state index in [0.29, 0.717) is 11.8 Å². The minimum Gasteiger partial charge on any atom is -0.466 e. The van der Waals surface area contributed by atoms with E-state index in [1.807, 2.05) is 19.1 Å². The van der Waals surface area contributed by atoms with Crippen LogP contribution < -0.4 is 4.90 Å². The summed E-state index contributed by atoms with van der Waals surface area (Å²) in [6, 6.07) is 3.79. The predicted molar refractivity (Wildman–Crippen MR) is 70.8 cm³/mol. The highest BCUT2D eigenvalue weighted by atomic mass is 35.5. The van der Waals surface area contributed by atoms with E-state index in [1.165, 1.54) is 0 Å². The summed E-state index contributed by atoms with van der Waals surface area (Å²) in [7, 11) is 0. The zero-order valence-electron chi connectivity index (χ0n) is 10.4. The largest absolute Gasteiger partial charge is 0.466 e. The fraction of sp³-hybridized carbons (Fsp3) is 0.538. The van der Waals surface area contributed by atoms with Gasteiger partial charge in [0.1, 0.15) is 5.15 Å². The van der Waals surface area contributed by atoms with Gasteiger partial charge in [0, 0.05) is 25.0 Å². The number of nitrogens with zero attached hydrogens (tertiary/aromatic N) is 2. The normalized spacial score (nSPS) is 16.7. The number of piperidine rings is 1. The van der Waals surface area contributed by atoms with Gasteiger partial charge in [0.25, 0.3) is 0 Å². The van der Waals surface area contributed by atoms with E-state index in [0.717, 1.165) is 31.6 Å². The predicted octanol–water partition coefficient (Wildman–Crippen LogP) is 2.51. The molecule has 5 heteroatoms. The Hall–Kier alpha value is -1.29. The Morgan fingerprint density at radius 3 is 2.89 bits per heavy atom.